The van der Waals surface area contributed by atoms with Crippen molar-refractivity contribution in [1.82, 2.24) is 19.2 Å². The van der Waals surface area contributed by atoms with Crippen LogP contribution in [-0.2, 0) is 16.2 Å². The smallest absolute Gasteiger partial charge is 0.421 e. The number of hydrogen-bond donors (Lipinski definition) is 1. The molecule has 0 fully saturated rings. The Hall–Kier alpha value is -3.65. The van der Waals surface area contributed by atoms with Gasteiger partial charge in [-0.1, -0.05) is 0 Å². The average molecular weight is 485 g/mol. The van der Waals surface area contributed by atoms with Gasteiger partial charge in [-0.05, 0) is 12.1 Å². The molecule has 3 aromatic heterocycles. The van der Waals surface area contributed by atoms with Crippen LogP contribution in [0.4, 0.5) is 17.6 Å². The van der Waals surface area contributed by atoms with E-state index in [0.29, 0.717) is 0 Å². The number of hydrogen-bond acceptors (Lipinski definition) is 6. The van der Waals surface area contributed by atoms with Crippen molar-refractivity contribution in [3.8, 4) is 28.4 Å². The normalized spacial score (nSPS) is 12.3. The van der Waals surface area contributed by atoms with E-state index in [1.165, 1.54) is 19.4 Å². The summed E-state index contributed by atoms with van der Waals surface area (Å²) in [5.74, 6) is -1.55. The first-order chi connectivity index (χ1) is 15.4. The number of nitrogens with zero attached hydrogens (tertiary/aromatic N) is 4. The molecule has 0 saturated heterocycles. The highest BCUT2D eigenvalue weighted by atomic mass is 32.2. The molecule has 1 aromatic carbocycles. The van der Waals surface area contributed by atoms with E-state index in [9.17, 15) is 26.0 Å². The minimum absolute atomic E-state index is 0.0121. The van der Waals surface area contributed by atoms with Crippen LogP contribution >= 0.6 is 0 Å². The van der Waals surface area contributed by atoms with Crippen LogP contribution in [0.3, 0.4) is 0 Å². The summed E-state index contributed by atoms with van der Waals surface area (Å²) in [4.78, 5) is 3.75. The molecule has 0 unspecified atom stereocenters. The number of ether oxygens (including phenoxy) is 2. The molecule has 0 aliphatic rings. The zero-order valence-corrected chi connectivity index (χ0v) is 17.8. The van der Waals surface area contributed by atoms with Gasteiger partial charge < -0.3 is 9.47 Å². The fourth-order valence-corrected chi connectivity index (χ4v) is 3.73. The van der Waals surface area contributed by atoms with Gasteiger partial charge in [-0.15, -0.1) is 0 Å². The van der Waals surface area contributed by atoms with Crippen LogP contribution in [0, 0.1) is 5.82 Å². The van der Waals surface area contributed by atoms with Gasteiger partial charge in [0.2, 0.25) is 10.0 Å². The van der Waals surface area contributed by atoms with Gasteiger partial charge in [-0.2, -0.15) is 18.3 Å². The molecular weight excluding hydrogens is 470 g/mol. The molecule has 4 rings (SSSR count). The number of rotatable bonds is 5. The second-order valence-electron chi connectivity index (χ2n) is 6.80. The molecule has 3 heterocycles. The summed E-state index contributed by atoms with van der Waals surface area (Å²) in [6, 6.07) is 3.52. The molecule has 33 heavy (non-hydrogen) atoms. The monoisotopic (exact) mass is 485 g/mol. The van der Waals surface area contributed by atoms with E-state index in [-0.39, 0.29) is 33.2 Å². The molecule has 14 heteroatoms. The SMILES string of the molecule is COc1cc2ncc(-c3cc(F)c(OC)c(-n4cc(S(N)(=O)=O)cn4)c3)n2cc1C(F)(F)F. The molecule has 0 bridgehead atoms. The maximum Gasteiger partial charge on any atom is 0.421 e. The first-order valence-electron chi connectivity index (χ1n) is 9.02. The molecule has 4 aromatic rings. The van der Waals surface area contributed by atoms with Crippen molar-refractivity contribution >= 4 is 15.7 Å². The van der Waals surface area contributed by atoms with Crippen molar-refractivity contribution in [3.63, 3.8) is 0 Å². The molecule has 0 atom stereocenters. The van der Waals surface area contributed by atoms with Gasteiger partial charge in [0, 0.05) is 17.8 Å². The van der Waals surface area contributed by atoms with Crippen molar-refractivity contribution in [2.75, 3.05) is 14.2 Å². The summed E-state index contributed by atoms with van der Waals surface area (Å²) in [7, 11) is -1.77. The molecule has 2 N–H and O–H groups in total. The molecule has 9 nitrogen and oxygen atoms in total. The van der Waals surface area contributed by atoms with Crippen LogP contribution in [-0.4, -0.2) is 41.8 Å². The molecule has 174 valence electrons. The van der Waals surface area contributed by atoms with E-state index >= 15 is 0 Å². The topological polar surface area (TPSA) is 114 Å². The van der Waals surface area contributed by atoms with Crippen LogP contribution < -0.4 is 14.6 Å². The molecule has 0 aliphatic carbocycles. The molecule has 0 amide bonds. The van der Waals surface area contributed by atoms with Crippen molar-refractivity contribution in [3.05, 3.63) is 54.4 Å². The molecular formula is C19H15F4N5O4S. The molecule has 0 saturated carbocycles. The summed E-state index contributed by atoms with van der Waals surface area (Å²) in [6.07, 6.45) is -0.631. The van der Waals surface area contributed by atoms with Gasteiger partial charge in [0.15, 0.2) is 11.6 Å². The third-order valence-electron chi connectivity index (χ3n) is 4.79. The number of sulfonamides is 1. The first-order valence-corrected chi connectivity index (χ1v) is 10.6. The van der Waals surface area contributed by atoms with E-state index in [1.807, 2.05) is 0 Å². The second kappa shape index (κ2) is 7.74. The van der Waals surface area contributed by atoms with Crippen LogP contribution in [0.2, 0.25) is 0 Å². The van der Waals surface area contributed by atoms with E-state index in [0.717, 1.165) is 46.9 Å². The number of alkyl halides is 3. The maximum atomic E-state index is 14.9. The fourth-order valence-electron chi connectivity index (χ4n) is 3.28. The van der Waals surface area contributed by atoms with Crippen molar-refractivity contribution in [2.24, 2.45) is 5.14 Å². The standard InChI is InChI=1S/C19H15F4N5O4S/c1-31-16-5-17-25-7-15(27(17)9-12(16)19(21,22)23)10-3-13(20)18(32-2)14(4-10)28-8-11(6-26-28)33(24,29)30/h3-9H,1-2H3,(H2,24,29,30). The summed E-state index contributed by atoms with van der Waals surface area (Å²) in [6.45, 7) is 0. The highest BCUT2D eigenvalue weighted by molar-refractivity contribution is 7.89. The number of imidazole rings is 1. The van der Waals surface area contributed by atoms with Gasteiger partial charge in [0.05, 0.1) is 38.5 Å². The predicted molar refractivity (Wildman–Crippen MR) is 107 cm³/mol. The Morgan fingerprint density at radius 3 is 2.36 bits per heavy atom. The van der Waals surface area contributed by atoms with Crippen LogP contribution in [0.15, 0.2) is 47.9 Å². The van der Waals surface area contributed by atoms with Crippen molar-refractivity contribution in [2.45, 2.75) is 11.1 Å². The van der Waals surface area contributed by atoms with Crippen molar-refractivity contribution in [1.29, 1.82) is 0 Å². The van der Waals surface area contributed by atoms with Crippen LogP contribution in [0.5, 0.6) is 11.5 Å². The average Bonchev–Trinajstić information content (AvgIpc) is 3.38. The second-order valence-corrected chi connectivity index (χ2v) is 8.36. The van der Waals surface area contributed by atoms with Gasteiger partial charge >= 0.3 is 6.18 Å². The van der Waals surface area contributed by atoms with Gasteiger partial charge in [-0.3, -0.25) is 4.40 Å². The Bertz CT molecular complexity index is 1480. The van der Waals surface area contributed by atoms with E-state index in [1.54, 1.807) is 0 Å². The lowest BCUT2D eigenvalue weighted by Crippen LogP contribution is -2.11. The Kier molecular flexibility index (Phi) is 5.29. The van der Waals surface area contributed by atoms with Crippen LogP contribution in [0.25, 0.3) is 22.6 Å². The van der Waals surface area contributed by atoms with E-state index < -0.39 is 33.3 Å². The number of nitrogens with two attached hydrogens (primary N) is 1. The number of benzene rings is 1. The predicted octanol–water partition coefficient (Wildman–Crippen LogP) is 3.01. The van der Waals surface area contributed by atoms with Crippen molar-refractivity contribution < 1.29 is 35.5 Å². The number of aromatic nitrogens is 4. The number of fused-ring (bicyclic) bond motifs is 1. The quantitative estimate of drug-likeness (QED) is 0.435. The largest absolute Gasteiger partial charge is 0.496 e. The Labute approximate surface area is 184 Å². The number of pyridine rings is 1. The molecule has 0 spiro atoms. The van der Waals surface area contributed by atoms with Crippen LogP contribution in [0.1, 0.15) is 5.56 Å². The lowest BCUT2D eigenvalue weighted by atomic mass is 10.1. The van der Waals surface area contributed by atoms with Gasteiger partial charge in [0.25, 0.3) is 0 Å². The van der Waals surface area contributed by atoms with Gasteiger partial charge in [-0.25, -0.2) is 27.6 Å². The highest BCUT2D eigenvalue weighted by Crippen LogP contribution is 2.38. The number of primary sulfonamides is 1. The molecule has 0 radical (unpaired) electrons. The summed E-state index contributed by atoms with van der Waals surface area (Å²) < 4.78 is 90.6. The van der Waals surface area contributed by atoms with E-state index in [2.05, 4.69) is 10.1 Å². The summed E-state index contributed by atoms with van der Waals surface area (Å²) in [5, 5.41) is 8.97. The summed E-state index contributed by atoms with van der Waals surface area (Å²) >= 11 is 0. The third kappa shape index (κ3) is 3.98. The molecule has 0 aliphatic heterocycles. The third-order valence-corrected chi connectivity index (χ3v) is 5.66. The number of methoxy groups -OCH3 is 2. The fraction of sp³-hybridized carbons (Fsp3) is 0.158. The summed E-state index contributed by atoms with van der Waals surface area (Å²) in [5.41, 5.74) is -0.678. The zero-order chi connectivity index (χ0) is 24.1. The Morgan fingerprint density at radius 1 is 1.06 bits per heavy atom. The Balaban J connectivity index is 1.94. The highest BCUT2D eigenvalue weighted by Gasteiger charge is 2.35. The zero-order valence-electron chi connectivity index (χ0n) is 17.0. The number of halogens is 4. The minimum Gasteiger partial charge on any atom is -0.496 e. The van der Waals surface area contributed by atoms with Gasteiger partial charge in [0.1, 0.15) is 27.5 Å². The maximum absolute atomic E-state index is 14.9. The first kappa shape index (κ1) is 22.5. The lowest BCUT2D eigenvalue weighted by Gasteiger charge is -2.14. The lowest BCUT2D eigenvalue weighted by molar-refractivity contribution is -0.139. The Morgan fingerprint density at radius 2 is 1.79 bits per heavy atom. The minimum atomic E-state index is -4.71. The van der Waals surface area contributed by atoms with E-state index in [4.69, 9.17) is 14.6 Å².